The van der Waals surface area contributed by atoms with Gasteiger partial charge in [0.1, 0.15) is 0 Å². The average Bonchev–Trinajstić information content (AvgIpc) is 2.91. The summed E-state index contributed by atoms with van der Waals surface area (Å²) in [5.41, 5.74) is 9.77. The first-order valence-electron chi connectivity index (χ1n) is 8.94. The smallest absolute Gasteiger partial charge is 0.220 e. The molecule has 2 N–H and O–H groups in total. The van der Waals surface area contributed by atoms with Gasteiger partial charge in [-0.1, -0.05) is 6.07 Å². The van der Waals surface area contributed by atoms with E-state index in [9.17, 15) is 4.79 Å². The van der Waals surface area contributed by atoms with Crippen LogP contribution in [-0.4, -0.2) is 27.9 Å². The summed E-state index contributed by atoms with van der Waals surface area (Å²) in [5, 5.41) is 0. The van der Waals surface area contributed by atoms with Crippen LogP contribution in [0.25, 0.3) is 11.1 Å². The highest BCUT2D eigenvalue weighted by Crippen LogP contribution is 2.50. The summed E-state index contributed by atoms with van der Waals surface area (Å²) >= 11 is 0. The zero-order valence-electron chi connectivity index (χ0n) is 16.1. The lowest BCUT2D eigenvalue weighted by atomic mass is 9.95. The van der Waals surface area contributed by atoms with E-state index in [0.29, 0.717) is 30.3 Å². The predicted octanol–water partition coefficient (Wildman–Crippen LogP) is 3.08. The van der Waals surface area contributed by atoms with Gasteiger partial charge in [-0.25, -0.2) is 0 Å². The van der Waals surface area contributed by atoms with E-state index in [1.54, 1.807) is 26.4 Å². The van der Waals surface area contributed by atoms with Crippen molar-refractivity contribution in [2.45, 2.75) is 25.8 Å². The van der Waals surface area contributed by atoms with Crippen molar-refractivity contribution >= 4 is 0 Å². The number of fused-ring (bicyclic) bond motifs is 3. The fourth-order valence-corrected chi connectivity index (χ4v) is 3.58. The molecule has 6 nitrogen and oxygen atoms in total. The maximum absolute atomic E-state index is 12.5. The molecule has 1 aliphatic carbocycles. The van der Waals surface area contributed by atoms with Crippen LogP contribution in [0.15, 0.2) is 29.1 Å². The van der Waals surface area contributed by atoms with E-state index in [1.165, 1.54) is 7.11 Å². The van der Waals surface area contributed by atoms with Gasteiger partial charge in [0.15, 0.2) is 17.2 Å². The van der Waals surface area contributed by atoms with Crippen molar-refractivity contribution in [3.05, 3.63) is 45.6 Å². The Morgan fingerprint density at radius 3 is 2.41 bits per heavy atom. The number of benzene rings is 1. The van der Waals surface area contributed by atoms with E-state index in [4.69, 9.17) is 24.7 Å². The first-order chi connectivity index (χ1) is 13.0. The SMILES string of the molecule is CCOc1c(OC)c(OC)cc2c1-c1ccc(OC)c(=O)cc1C(N)CC2. The van der Waals surface area contributed by atoms with Crippen molar-refractivity contribution in [3.63, 3.8) is 0 Å². The van der Waals surface area contributed by atoms with E-state index >= 15 is 0 Å². The fraction of sp³-hybridized carbons (Fsp3) is 0.381. The molecule has 0 fully saturated rings. The van der Waals surface area contributed by atoms with E-state index in [0.717, 1.165) is 28.7 Å². The Labute approximate surface area is 158 Å². The van der Waals surface area contributed by atoms with Gasteiger partial charge in [-0.05, 0) is 54.7 Å². The minimum atomic E-state index is -0.274. The lowest BCUT2D eigenvalue weighted by molar-refractivity contribution is 0.297. The quantitative estimate of drug-likeness (QED) is 0.870. The van der Waals surface area contributed by atoms with Crippen molar-refractivity contribution in [1.29, 1.82) is 0 Å². The molecule has 3 rings (SSSR count). The van der Waals surface area contributed by atoms with Crippen LogP contribution in [0.1, 0.15) is 30.5 Å². The fourth-order valence-electron chi connectivity index (χ4n) is 3.58. The van der Waals surface area contributed by atoms with Crippen LogP contribution in [0.5, 0.6) is 23.0 Å². The van der Waals surface area contributed by atoms with Crippen LogP contribution in [0, 0.1) is 0 Å². The van der Waals surface area contributed by atoms with Gasteiger partial charge in [0.2, 0.25) is 11.2 Å². The van der Waals surface area contributed by atoms with E-state index in [2.05, 4.69) is 0 Å². The topological polar surface area (TPSA) is 80.0 Å². The highest BCUT2D eigenvalue weighted by Gasteiger charge is 2.28. The van der Waals surface area contributed by atoms with Gasteiger partial charge in [-0.2, -0.15) is 0 Å². The van der Waals surface area contributed by atoms with Gasteiger partial charge in [0.05, 0.1) is 27.9 Å². The molecule has 0 amide bonds. The summed E-state index contributed by atoms with van der Waals surface area (Å²) in [4.78, 5) is 12.5. The molecule has 0 saturated carbocycles. The van der Waals surface area contributed by atoms with Crippen LogP contribution < -0.4 is 30.1 Å². The lowest BCUT2D eigenvalue weighted by Gasteiger charge is -2.20. The molecule has 2 aromatic rings. The van der Waals surface area contributed by atoms with Crippen LogP contribution in [0.4, 0.5) is 0 Å². The summed E-state index contributed by atoms with van der Waals surface area (Å²) < 4.78 is 22.3. The number of hydrogen-bond donors (Lipinski definition) is 1. The third kappa shape index (κ3) is 3.32. The van der Waals surface area contributed by atoms with Crippen LogP contribution in [-0.2, 0) is 6.42 Å². The Morgan fingerprint density at radius 2 is 1.78 bits per heavy atom. The minimum Gasteiger partial charge on any atom is -0.493 e. The highest BCUT2D eigenvalue weighted by atomic mass is 16.5. The molecule has 0 saturated heterocycles. The largest absolute Gasteiger partial charge is 0.493 e. The minimum absolute atomic E-state index is 0.198. The third-order valence-electron chi connectivity index (χ3n) is 4.85. The number of methoxy groups -OCH3 is 3. The summed E-state index contributed by atoms with van der Waals surface area (Å²) in [6.45, 7) is 2.38. The Balaban J connectivity index is 2.43. The van der Waals surface area contributed by atoms with Gasteiger partial charge in [0.25, 0.3) is 0 Å². The summed E-state index contributed by atoms with van der Waals surface area (Å²) in [6, 6.07) is 6.80. The molecule has 0 spiro atoms. The molecular weight excluding hydrogens is 346 g/mol. The average molecular weight is 371 g/mol. The van der Waals surface area contributed by atoms with Crippen LogP contribution in [0.3, 0.4) is 0 Å². The molecule has 27 heavy (non-hydrogen) atoms. The molecule has 6 heteroatoms. The number of rotatable bonds is 5. The Bertz CT molecular complexity index is 910. The summed E-state index contributed by atoms with van der Waals surface area (Å²) in [7, 11) is 4.67. The zero-order valence-corrected chi connectivity index (χ0v) is 16.1. The molecule has 144 valence electrons. The standard InChI is InChI=1S/C21H25NO5/c1-5-27-21-19-12(10-18(25-3)20(21)26-4)6-8-15(22)14-11-16(23)17(24-2)9-7-13(14)19/h7,9-11,15H,5-6,8,22H2,1-4H3. The molecule has 0 aromatic heterocycles. The van der Waals surface area contributed by atoms with Crippen LogP contribution >= 0.6 is 0 Å². The van der Waals surface area contributed by atoms with E-state index in [-0.39, 0.29) is 17.2 Å². The number of aryl methyl sites for hydroxylation is 1. The third-order valence-corrected chi connectivity index (χ3v) is 4.85. The lowest BCUT2D eigenvalue weighted by Crippen LogP contribution is -2.12. The Hall–Kier alpha value is -2.73. The monoisotopic (exact) mass is 371 g/mol. The van der Waals surface area contributed by atoms with Crippen molar-refractivity contribution in [3.8, 4) is 34.1 Å². The van der Waals surface area contributed by atoms with Gasteiger partial charge >= 0.3 is 0 Å². The number of nitrogens with two attached hydrogens (primary N) is 1. The highest BCUT2D eigenvalue weighted by molar-refractivity contribution is 5.82. The summed E-state index contributed by atoms with van der Waals surface area (Å²) in [6.07, 6.45) is 1.44. The molecule has 2 aromatic carbocycles. The number of hydrogen-bond acceptors (Lipinski definition) is 6. The predicted molar refractivity (Wildman–Crippen MR) is 104 cm³/mol. The molecular formula is C21H25NO5. The first-order valence-corrected chi connectivity index (χ1v) is 8.94. The van der Waals surface area contributed by atoms with Gasteiger partial charge in [-0.15, -0.1) is 0 Å². The van der Waals surface area contributed by atoms with Crippen molar-refractivity contribution in [1.82, 2.24) is 0 Å². The maximum Gasteiger partial charge on any atom is 0.220 e. The Morgan fingerprint density at radius 1 is 1.04 bits per heavy atom. The van der Waals surface area contributed by atoms with Crippen LogP contribution in [0.2, 0.25) is 0 Å². The Kier molecular flexibility index (Phi) is 5.56. The first kappa shape index (κ1) is 19.0. The second kappa shape index (κ2) is 7.88. The van der Waals surface area contributed by atoms with Gasteiger partial charge in [0, 0.05) is 11.6 Å². The molecule has 1 atom stereocenters. The van der Waals surface area contributed by atoms with E-state index < -0.39 is 0 Å². The van der Waals surface area contributed by atoms with Gasteiger partial charge < -0.3 is 24.7 Å². The molecule has 0 heterocycles. The maximum atomic E-state index is 12.5. The normalized spacial score (nSPS) is 15.2. The van der Waals surface area contributed by atoms with Crippen molar-refractivity contribution < 1.29 is 18.9 Å². The molecule has 1 aliphatic rings. The summed E-state index contributed by atoms with van der Waals surface area (Å²) in [5.74, 6) is 2.01. The van der Waals surface area contributed by atoms with Crippen molar-refractivity contribution in [2.75, 3.05) is 27.9 Å². The molecule has 0 aliphatic heterocycles. The van der Waals surface area contributed by atoms with Crippen molar-refractivity contribution in [2.24, 2.45) is 5.73 Å². The number of ether oxygens (including phenoxy) is 4. The molecule has 1 unspecified atom stereocenters. The van der Waals surface area contributed by atoms with Gasteiger partial charge in [-0.3, -0.25) is 4.79 Å². The zero-order chi connectivity index (χ0) is 19.6. The second-order valence-corrected chi connectivity index (χ2v) is 6.33. The van der Waals surface area contributed by atoms with E-state index in [1.807, 2.05) is 19.1 Å². The second-order valence-electron chi connectivity index (χ2n) is 6.33. The molecule has 0 bridgehead atoms. The molecule has 0 radical (unpaired) electrons.